The Morgan fingerprint density at radius 1 is 1.47 bits per heavy atom. The Labute approximate surface area is 209 Å². The molecule has 0 spiro atoms. The summed E-state index contributed by atoms with van der Waals surface area (Å²) in [5.74, 6) is -1.20. The number of fused-ring (bicyclic) bond motifs is 2. The number of hydrogen-bond donors (Lipinski definition) is 3. The largest absolute Gasteiger partial charge is 0.477 e. The molecule has 3 N–H and O–H groups in total. The molecule has 12 heteroatoms. The van der Waals surface area contributed by atoms with Gasteiger partial charge in [0.05, 0.1) is 31.2 Å². The van der Waals surface area contributed by atoms with Crippen molar-refractivity contribution in [2.75, 3.05) is 25.1 Å². The number of thiazole rings is 1. The van der Waals surface area contributed by atoms with Gasteiger partial charge in [0, 0.05) is 29.2 Å². The molecule has 9 nitrogen and oxygen atoms in total. The van der Waals surface area contributed by atoms with Gasteiger partial charge in [0.1, 0.15) is 11.4 Å². The van der Waals surface area contributed by atoms with E-state index in [4.69, 9.17) is 0 Å². The number of aliphatic imine (C=N–C) groups is 1. The maximum absolute atomic E-state index is 12.7. The van der Waals surface area contributed by atoms with Crippen LogP contribution in [0.2, 0.25) is 0 Å². The minimum atomic E-state index is -1.10. The smallest absolute Gasteiger partial charge is 0.353 e. The van der Waals surface area contributed by atoms with Gasteiger partial charge in [-0.2, -0.15) is 4.40 Å². The van der Waals surface area contributed by atoms with E-state index in [-0.39, 0.29) is 23.6 Å². The molecule has 1 fully saturated rings. The van der Waals surface area contributed by atoms with Gasteiger partial charge in [-0.3, -0.25) is 9.79 Å². The number of carbonyl (C=O) groups is 2. The van der Waals surface area contributed by atoms with Crippen molar-refractivity contribution in [2.45, 2.75) is 44.0 Å². The molecule has 1 amide bonds. The first kappa shape index (κ1) is 23.7. The van der Waals surface area contributed by atoms with Gasteiger partial charge in [0.15, 0.2) is 5.17 Å². The predicted octanol–water partition coefficient (Wildman–Crippen LogP) is 1.75. The lowest BCUT2D eigenvalue weighted by Gasteiger charge is -2.46. The highest BCUT2D eigenvalue weighted by Gasteiger charge is 2.60. The molecule has 0 bridgehead atoms. The molecule has 0 unspecified atom stereocenters. The standard InChI is InChI=1S/C22H27N5O4S3/c1-11-14(17(21(30)31)27-16(11)15(12(2)28)18(27)29)13-9-34-20-19(32-3)25(10-26(13)20)7-4-8-33-22-23-5-6-24-22/h9-12,15-16,28H,4-8H2,1-3H3,(H-,23,24,30,31)/p+1/t11-,12+,15+,16+/m0/s1. The molecule has 5 rings (SSSR count). The summed E-state index contributed by atoms with van der Waals surface area (Å²) >= 11 is 5.01. The first-order valence-electron chi connectivity index (χ1n) is 11.3. The summed E-state index contributed by atoms with van der Waals surface area (Å²) in [5, 5.41) is 27.6. The number of carboxylic acid groups (broad SMARTS) is 1. The molecular formula is C22H28N5O4S3+. The topological polar surface area (TPSA) is 111 Å². The quantitative estimate of drug-likeness (QED) is 0.210. The zero-order chi connectivity index (χ0) is 24.1. The van der Waals surface area contributed by atoms with Gasteiger partial charge in [0.2, 0.25) is 15.8 Å². The van der Waals surface area contributed by atoms with Gasteiger partial charge in [-0.1, -0.05) is 41.8 Å². The fourth-order valence-corrected chi connectivity index (χ4v) is 8.09. The number of aliphatic hydroxyl groups excluding tert-OH is 1. The number of rotatable bonds is 8. The average molecular weight is 523 g/mol. The number of nitrogens with zero attached hydrogens (tertiary/aromatic N) is 4. The molecule has 2 aromatic heterocycles. The lowest BCUT2D eigenvalue weighted by atomic mass is 9.77. The Hall–Kier alpha value is -2.02. The van der Waals surface area contributed by atoms with E-state index in [0.717, 1.165) is 52.5 Å². The van der Waals surface area contributed by atoms with E-state index >= 15 is 0 Å². The van der Waals surface area contributed by atoms with Gasteiger partial charge in [-0.05, 0) is 19.6 Å². The number of thioether (sulfide) groups is 2. The number of β-lactam (4-membered cyclic amide) rings is 1. The van der Waals surface area contributed by atoms with Crippen LogP contribution in [0.25, 0.3) is 10.4 Å². The maximum atomic E-state index is 12.7. The van der Waals surface area contributed by atoms with E-state index < -0.39 is 18.0 Å². The molecule has 34 heavy (non-hydrogen) atoms. The molecule has 0 aliphatic carbocycles. The first-order valence-corrected chi connectivity index (χ1v) is 14.4. The molecule has 1 saturated heterocycles. The molecule has 2 aromatic rings. The second-order valence-corrected chi connectivity index (χ2v) is 11.5. The third-order valence-electron chi connectivity index (χ3n) is 6.73. The summed E-state index contributed by atoms with van der Waals surface area (Å²) < 4.78 is 4.29. The van der Waals surface area contributed by atoms with Gasteiger partial charge in [0.25, 0.3) is 6.33 Å². The Bertz CT molecular complexity index is 1220. The molecule has 0 radical (unpaired) electrons. The van der Waals surface area contributed by atoms with E-state index in [1.807, 2.05) is 18.6 Å². The van der Waals surface area contributed by atoms with Crippen LogP contribution in [-0.2, 0) is 16.1 Å². The Balaban J connectivity index is 1.45. The molecule has 182 valence electrons. The van der Waals surface area contributed by atoms with Gasteiger partial charge in [-0.15, -0.1) is 0 Å². The normalized spacial score (nSPS) is 24.9. The fraction of sp³-hybridized carbons (Fsp3) is 0.545. The Kier molecular flexibility index (Phi) is 6.42. The monoisotopic (exact) mass is 522 g/mol. The van der Waals surface area contributed by atoms with Gasteiger partial charge >= 0.3 is 5.97 Å². The Morgan fingerprint density at radius 3 is 2.91 bits per heavy atom. The second kappa shape index (κ2) is 9.21. The number of carboxylic acids is 1. The summed E-state index contributed by atoms with van der Waals surface area (Å²) in [6.07, 6.45) is 4.27. The SMILES string of the molecule is CSc1c2scc(C3=C(C(=O)O)N4C(=O)[C@H]([C@@H](C)O)[C@H]4[C@H]3C)n2c[n+]1CCCSC1=NCCN1. The summed E-state index contributed by atoms with van der Waals surface area (Å²) in [6, 6.07) is -0.324. The average Bonchev–Trinajstić information content (AvgIpc) is 3.54. The van der Waals surface area contributed by atoms with E-state index in [2.05, 4.69) is 25.5 Å². The number of carbonyl (C=O) groups excluding carboxylic acids is 1. The molecule has 3 aliphatic heterocycles. The number of aromatic nitrogens is 2. The van der Waals surface area contributed by atoms with Crippen molar-refractivity contribution in [3.05, 3.63) is 23.1 Å². The van der Waals surface area contributed by atoms with Crippen molar-refractivity contribution >= 4 is 62.3 Å². The van der Waals surface area contributed by atoms with Crippen molar-refractivity contribution < 1.29 is 24.4 Å². The predicted molar refractivity (Wildman–Crippen MR) is 134 cm³/mol. The third kappa shape index (κ3) is 3.66. The van der Waals surface area contributed by atoms with Crippen LogP contribution in [0.15, 0.2) is 27.4 Å². The molecular weight excluding hydrogens is 494 g/mol. The zero-order valence-corrected chi connectivity index (χ0v) is 21.7. The Morgan fingerprint density at radius 2 is 2.26 bits per heavy atom. The van der Waals surface area contributed by atoms with Crippen LogP contribution in [0.3, 0.4) is 0 Å². The van der Waals surface area contributed by atoms with Crippen LogP contribution in [0.5, 0.6) is 0 Å². The van der Waals surface area contributed by atoms with Gasteiger partial charge in [-0.25, -0.2) is 9.36 Å². The summed E-state index contributed by atoms with van der Waals surface area (Å²) in [6.45, 7) is 6.17. The maximum Gasteiger partial charge on any atom is 0.353 e. The summed E-state index contributed by atoms with van der Waals surface area (Å²) in [5.41, 5.74) is 1.52. The van der Waals surface area contributed by atoms with E-state index in [9.17, 15) is 19.8 Å². The van der Waals surface area contributed by atoms with Crippen molar-refractivity contribution in [1.29, 1.82) is 0 Å². The van der Waals surface area contributed by atoms with Crippen molar-refractivity contribution in [2.24, 2.45) is 16.8 Å². The van der Waals surface area contributed by atoms with Gasteiger partial charge < -0.3 is 20.4 Å². The molecule has 5 heterocycles. The highest BCUT2D eigenvalue weighted by Crippen LogP contribution is 2.51. The number of aliphatic hydroxyl groups is 1. The minimum Gasteiger partial charge on any atom is -0.477 e. The number of amidine groups is 1. The van der Waals surface area contributed by atoms with Crippen LogP contribution in [0.1, 0.15) is 26.0 Å². The van der Waals surface area contributed by atoms with E-state index in [1.54, 1.807) is 41.8 Å². The second-order valence-electron chi connectivity index (χ2n) is 8.75. The van der Waals surface area contributed by atoms with E-state index in [0.29, 0.717) is 5.57 Å². The van der Waals surface area contributed by atoms with Crippen LogP contribution in [-0.4, -0.2) is 73.8 Å². The molecule has 0 saturated carbocycles. The molecule has 0 aromatic carbocycles. The number of amides is 1. The third-order valence-corrected chi connectivity index (χ3v) is 9.67. The molecule has 4 atom stereocenters. The minimum absolute atomic E-state index is 0.0475. The highest BCUT2D eigenvalue weighted by atomic mass is 32.2. The van der Waals surface area contributed by atoms with Crippen LogP contribution < -0.4 is 9.88 Å². The van der Waals surface area contributed by atoms with Crippen LogP contribution >= 0.6 is 34.9 Å². The lowest BCUT2D eigenvalue weighted by Crippen LogP contribution is -2.63. The number of aryl methyl sites for hydroxylation is 1. The van der Waals surface area contributed by atoms with Crippen LogP contribution in [0, 0.1) is 11.8 Å². The number of imidazole rings is 1. The van der Waals surface area contributed by atoms with E-state index in [1.165, 1.54) is 4.90 Å². The van der Waals surface area contributed by atoms with Crippen LogP contribution in [0.4, 0.5) is 0 Å². The summed E-state index contributed by atoms with van der Waals surface area (Å²) in [7, 11) is 0. The van der Waals surface area contributed by atoms with Crippen molar-refractivity contribution in [1.82, 2.24) is 14.6 Å². The highest BCUT2D eigenvalue weighted by molar-refractivity contribution is 8.13. The first-order chi connectivity index (χ1) is 16.3. The molecule has 3 aliphatic rings. The zero-order valence-electron chi connectivity index (χ0n) is 19.2. The lowest BCUT2D eigenvalue weighted by molar-refractivity contribution is -0.729. The number of aliphatic carboxylic acids is 1. The van der Waals surface area contributed by atoms with Crippen molar-refractivity contribution in [3.8, 4) is 0 Å². The summed E-state index contributed by atoms with van der Waals surface area (Å²) in [4.78, 5) is 31.8. The number of nitrogens with one attached hydrogen (secondary N) is 1. The fourth-order valence-electron chi connectivity index (χ4n) is 5.26. The number of hydrogen-bond acceptors (Lipinski definition) is 8. The van der Waals surface area contributed by atoms with Crippen molar-refractivity contribution in [3.63, 3.8) is 0 Å².